The van der Waals surface area contributed by atoms with E-state index >= 15 is 0 Å². The summed E-state index contributed by atoms with van der Waals surface area (Å²) in [6, 6.07) is 8.95. The molecule has 9 rings (SSSR count). The topological polar surface area (TPSA) is 327 Å². The van der Waals surface area contributed by atoms with Gasteiger partial charge >= 0.3 is 11.9 Å². The number of hydrogen-bond donors (Lipinski definition) is 7. The summed E-state index contributed by atoms with van der Waals surface area (Å²) in [5.74, 6) is -6.80. The lowest BCUT2D eigenvalue weighted by molar-refractivity contribution is -0.329. The fourth-order valence-electron chi connectivity index (χ4n) is 20.3. The molecule has 8 heterocycles. The highest BCUT2D eigenvalue weighted by Crippen LogP contribution is 2.49. The maximum absolute atomic E-state index is 14.9. The van der Waals surface area contributed by atoms with E-state index in [4.69, 9.17) is 61.6 Å². The van der Waals surface area contributed by atoms with Crippen molar-refractivity contribution < 1.29 is 107 Å². The molecule has 27 heteroatoms. The number of Topliss-reactive ketones (excluding diaryl/α,β-unsaturated/α-hetero) is 1. The van der Waals surface area contributed by atoms with Gasteiger partial charge in [-0.1, -0.05) is 120 Å². The number of nitrogens with zero attached hydrogens (tertiary/aromatic N) is 4. The normalized spacial score (nSPS) is 41.9. The van der Waals surface area contributed by atoms with Gasteiger partial charge in [0.2, 0.25) is 0 Å². The lowest BCUT2D eigenvalue weighted by atomic mass is 9.73. The number of likely N-dealkylation sites (N-methyl/N-ethyl adjacent to an activating group) is 3. The lowest BCUT2D eigenvalue weighted by Crippen LogP contribution is -2.62. The molecule has 1 aromatic carbocycles. The fourth-order valence-corrected chi connectivity index (χ4v) is 20.3. The van der Waals surface area contributed by atoms with Crippen LogP contribution < -0.4 is 5.32 Å². The van der Waals surface area contributed by atoms with Crippen LogP contribution in [-0.4, -0.2) is 299 Å². The van der Waals surface area contributed by atoms with E-state index < -0.39 is 179 Å². The second-order valence-corrected chi connectivity index (χ2v) is 41.4. The summed E-state index contributed by atoms with van der Waals surface area (Å²) >= 11 is 0. The van der Waals surface area contributed by atoms with Crippen molar-refractivity contribution in [3.8, 4) is 0 Å². The Kier molecular flexibility index (Phi) is 36.3. The van der Waals surface area contributed by atoms with E-state index in [1.54, 1.807) is 61.8 Å². The molecule has 27 nitrogen and oxygen atoms in total. The number of carbonyl (C=O) groups is 3. The molecule has 0 aliphatic carbocycles. The Morgan fingerprint density at radius 1 is 0.648 bits per heavy atom. The van der Waals surface area contributed by atoms with Crippen molar-refractivity contribution >= 4 is 34.7 Å². The van der Waals surface area contributed by atoms with Crippen LogP contribution in [0.1, 0.15) is 242 Å². The average molecular weight is 1730 g/mol. The number of fused-ring (bicyclic) bond motifs is 4. The molecule has 2 bridgehead atoms. The van der Waals surface area contributed by atoms with Crippen molar-refractivity contribution in [1.29, 1.82) is 0 Å². The summed E-state index contributed by atoms with van der Waals surface area (Å²) in [6.45, 7) is 50.1. The molecule has 0 saturated carbocycles. The number of pyridine rings is 1. The number of aliphatic hydroxyl groups excluding tert-OH is 4. The number of esters is 2. The van der Waals surface area contributed by atoms with Crippen molar-refractivity contribution in [3.63, 3.8) is 0 Å². The van der Waals surface area contributed by atoms with Gasteiger partial charge in [0.05, 0.1) is 89.6 Å². The number of hydrogen-bond acceptors (Lipinski definition) is 27. The molecule has 1 spiro atoms. The van der Waals surface area contributed by atoms with E-state index in [0.29, 0.717) is 58.2 Å². The molecule has 2 aromatic rings. The first-order chi connectivity index (χ1) is 56.7. The highest BCUT2D eigenvalue weighted by atomic mass is 16.8. The number of carbonyl (C=O) groups excluding carboxylic acids is 3. The molecule has 122 heavy (non-hydrogen) atoms. The van der Waals surface area contributed by atoms with Crippen molar-refractivity contribution in [1.82, 2.24) is 25.0 Å². The van der Waals surface area contributed by atoms with E-state index in [2.05, 4.69) is 82.5 Å². The van der Waals surface area contributed by atoms with Crippen LogP contribution >= 0.6 is 0 Å². The highest BCUT2D eigenvalue weighted by molar-refractivity contribution is 5.84. The molecule has 0 amide bonds. The third-order valence-electron chi connectivity index (χ3n) is 28.3. The molecule has 0 unspecified atom stereocenters. The summed E-state index contributed by atoms with van der Waals surface area (Å²) in [7, 11) is 9.10. The van der Waals surface area contributed by atoms with Crippen molar-refractivity contribution in [3.05, 3.63) is 48.2 Å². The van der Waals surface area contributed by atoms with Crippen LogP contribution in [-0.2, 0) is 76.0 Å². The Morgan fingerprint density at radius 3 is 1.72 bits per heavy atom. The maximum Gasteiger partial charge on any atom is 0.311 e. The van der Waals surface area contributed by atoms with E-state index in [1.807, 2.05) is 124 Å². The smallest absolute Gasteiger partial charge is 0.311 e. The van der Waals surface area contributed by atoms with Crippen LogP contribution in [0.3, 0.4) is 0 Å². The van der Waals surface area contributed by atoms with Gasteiger partial charge in [-0.15, -0.1) is 0 Å². The third kappa shape index (κ3) is 25.2. The minimum atomic E-state index is -1.85. The number of benzene rings is 1. The summed E-state index contributed by atoms with van der Waals surface area (Å²) < 4.78 is 86.0. The van der Waals surface area contributed by atoms with Gasteiger partial charge in [0.1, 0.15) is 53.6 Å². The van der Waals surface area contributed by atoms with E-state index in [0.717, 1.165) is 42.4 Å². The monoisotopic (exact) mass is 1730 g/mol. The summed E-state index contributed by atoms with van der Waals surface area (Å²) in [6.07, 6.45) is -3.69. The molecule has 700 valence electrons. The first-order valence-corrected chi connectivity index (χ1v) is 45.7. The maximum atomic E-state index is 14.9. The second kappa shape index (κ2) is 42.8. The predicted molar refractivity (Wildman–Crippen MR) is 469 cm³/mol. The minimum Gasteiger partial charge on any atom is -0.459 e. The minimum absolute atomic E-state index is 0.0307. The highest BCUT2D eigenvalue weighted by Gasteiger charge is 2.60. The third-order valence-corrected chi connectivity index (χ3v) is 28.3. The summed E-state index contributed by atoms with van der Waals surface area (Å²) in [5, 5.41) is 75.6. The van der Waals surface area contributed by atoms with Crippen molar-refractivity contribution in [2.75, 3.05) is 74.7 Å². The number of nitrogens with one attached hydrogen (secondary N) is 1. The summed E-state index contributed by atoms with van der Waals surface area (Å²) in [4.78, 5) is 55.0. The van der Waals surface area contributed by atoms with Crippen LogP contribution in [0.15, 0.2) is 42.6 Å². The number of ether oxygens (including phenoxy) is 13. The Labute approximate surface area is 731 Å². The first-order valence-electron chi connectivity index (χ1n) is 45.7. The number of rotatable bonds is 20. The number of aromatic nitrogens is 1. The van der Waals surface area contributed by atoms with Gasteiger partial charge in [0, 0.05) is 106 Å². The van der Waals surface area contributed by atoms with Gasteiger partial charge in [-0.2, -0.15) is 0 Å². The SMILES string of the molecule is CC[C@H]1OC(=O)[C@H](C)[C@@H](O[C@H]2C[C@@](C)(OC)[C@@H](O)[C@H](C)O2)[C@H](C)[C@@H](O[C@@H]2O[C@H](C)C[C@H](N(C)CCC(C)(C)C)[C@H]2O)[C@](C)(OC)C[C@@H](C)C(=O)[C@H](C)[C@@H](OC/C=C/c2cnc3ccccc3c2)[C@]1(C)O.CC[C@H]1OC(=O)[C@H](C)[C@H]2OC3(CCNCC3)O[C@@](C)(C[C@@H](C)CN(C)[C@H](C)[C@@H](O)[C@]1(C)O)[C@H](O[C@@H]1O[C@H](C)C[C@H](N(C)CCC(C)(C)C)[C@H]1O)[C@H]2C. The molecular weight excluding hydrogens is 1560 g/mol. The lowest BCUT2D eigenvalue weighted by Gasteiger charge is -2.50. The molecule has 7 saturated heterocycles. The molecular formula is C95H163N5O22. The standard InChI is InChI=1S/C55H88N2O13.C40H75N3O9/c1-17-42-55(13,62)49(65-26-20-21-38-28-39-22-18-19-23-40(39)56-31-38)34(4)44(58)32(2)29-54(12,64-16)48(70-51-45(59)41(27-33(3)66-51)57(14)25-24-52(8,9)10)35(5)46(36(6)50(61)68-42)69-43-30-53(11,63-15)47(60)37(7)67-43;1-14-30-39(11,47)33(45)28(6)43(13)23-24(2)22-38(10)34(50-36-31(44)29(21-25(3)48-36)42(12)20-17-37(7,8)9)26(4)32(27(5)35(46)49-30)51-40(52-38)15-18-41-19-16-40/h18-23,28,31-37,41-43,45-49,51,59-60,62H,17,24-27,29-30H2,1-16H3;24-34,36,41,44-45,47H,14-23H2,1-13H3/b21-20+;/t32-,33-,34+,35+,36-,37+,41+,42-,43+,45-,46+,47+,48-,49-,51+,53-,54-,55-;24-,25-,26+,27-,28-,29+,30-,31-,32+,33-,34-,36+,38+,39-/m11/s1. The molecule has 0 radical (unpaired) electrons. The Hall–Kier alpha value is -3.86. The fraction of sp³-hybridized carbons (Fsp3) is 0.853. The first kappa shape index (κ1) is 104. The number of para-hydroxylation sites is 1. The molecule has 7 aliphatic rings. The molecule has 1 aromatic heterocycles. The van der Waals surface area contributed by atoms with E-state index in [1.165, 1.54) is 7.11 Å². The van der Waals surface area contributed by atoms with Gasteiger partial charge in [-0.3, -0.25) is 19.4 Å². The van der Waals surface area contributed by atoms with Gasteiger partial charge in [-0.25, -0.2) is 0 Å². The van der Waals surface area contributed by atoms with E-state index in [9.17, 15) is 45.0 Å². The number of methoxy groups -OCH3 is 2. The largest absolute Gasteiger partial charge is 0.459 e. The molecule has 7 fully saturated rings. The van der Waals surface area contributed by atoms with E-state index in [-0.39, 0.29) is 72.7 Å². The van der Waals surface area contributed by atoms with Crippen LogP contribution in [0.4, 0.5) is 0 Å². The predicted octanol–water partition coefficient (Wildman–Crippen LogP) is 11.5. The zero-order valence-electron chi connectivity index (χ0n) is 79.7. The van der Waals surface area contributed by atoms with Crippen molar-refractivity contribution in [2.24, 2.45) is 52.3 Å². The Bertz CT molecular complexity index is 3650. The Morgan fingerprint density at radius 2 is 1.18 bits per heavy atom. The van der Waals surface area contributed by atoms with Gasteiger partial charge in [-0.05, 0) is 196 Å². The number of piperidine rings is 1. The van der Waals surface area contributed by atoms with Crippen LogP contribution in [0.25, 0.3) is 17.0 Å². The number of cyclic esters (lactones) is 2. The zero-order chi connectivity index (χ0) is 91.1. The molecule has 32 atom stereocenters. The summed E-state index contributed by atoms with van der Waals surface area (Å²) in [5.41, 5.74) is -4.82. The average Bonchev–Trinajstić information content (AvgIpc) is 1.56. The van der Waals surface area contributed by atoms with Crippen LogP contribution in [0.2, 0.25) is 0 Å². The van der Waals surface area contributed by atoms with Gasteiger partial charge in [0.25, 0.3) is 0 Å². The van der Waals surface area contributed by atoms with Crippen LogP contribution in [0, 0.1) is 52.3 Å². The zero-order valence-corrected chi connectivity index (χ0v) is 79.7. The van der Waals surface area contributed by atoms with Crippen LogP contribution in [0.5, 0.6) is 0 Å². The molecule has 7 aliphatic heterocycles. The number of ketones is 1. The quantitative estimate of drug-likeness (QED) is 0.0606. The molecule has 7 N–H and O–H groups in total. The van der Waals surface area contributed by atoms with Gasteiger partial charge < -0.3 is 112 Å². The second-order valence-electron chi connectivity index (χ2n) is 41.4. The Balaban J connectivity index is 0.000000317. The van der Waals surface area contributed by atoms with Crippen molar-refractivity contribution in [2.45, 2.75) is 393 Å². The number of aliphatic hydroxyl groups is 6. The van der Waals surface area contributed by atoms with Gasteiger partial charge in [0.15, 0.2) is 24.7 Å².